The number of hydrogen-bond acceptors (Lipinski definition) is 5. The summed E-state index contributed by atoms with van der Waals surface area (Å²) in [6, 6.07) is 13.1. The van der Waals surface area contributed by atoms with Gasteiger partial charge in [0.1, 0.15) is 5.82 Å². The van der Waals surface area contributed by atoms with Gasteiger partial charge in [0.2, 0.25) is 5.91 Å². The second-order valence-electron chi connectivity index (χ2n) is 6.35. The van der Waals surface area contributed by atoms with E-state index in [9.17, 15) is 17.6 Å². The van der Waals surface area contributed by atoms with E-state index in [-0.39, 0.29) is 22.4 Å². The van der Waals surface area contributed by atoms with Crippen molar-refractivity contribution < 1.29 is 17.6 Å². The van der Waals surface area contributed by atoms with Crippen LogP contribution in [0, 0.1) is 5.82 Å². The molecule has 0 N–H and O–H groups in total. The summed E-state index contributed by atoms with van der Waals surface area (Å²) in [5.74, 6) is -0.0793. The van der Waals surface area contributed by atoms with E-state index >= 15 is 0 Å². The molecule has 5 nitrogen and oxygen atoms in total. The molecule has 0 aliphatic carbocycles. The smallest absolute Gasteiger partial charge is 0.233 e. The summed E-state index contributed by atoms with van der Waals surface area (Å²) in [6.07, 6.45) is 1.17. The van der Waals surface area contributed by atoms with Gasteiger partial charge in [-0.3, -0.25) is 4.79 Å². The monoisotopic (exact) mass is 408 g/mol. The van der Waals surface area contributed by atoms with E-state index in [1.807, 2.05) is 0 Å². The topological polar surface area (TPSA) is 57.7 Å². The van der Waals surface area contributed by atoms with Gasteiger partial charge in [0.15, 0.2) is 9.84 Å². The molecule has 8 heteroatoms. The number of rotatable bonds is 5. The van der Waals surface area contributed by atoms with E-state index in [4.69, 9.17) is 0 Å². The van der Waals surface area contributed by atoms with E-state index in [1.165, 1.54) is 30.2 Å². The summed E-state index contributed by atoms with van der Waals surface area (Å²) in [7, 11) is -3.33. The molecule has 1 fully saturated rings. The van der Waals surface area contributed by atoms with Crippen molar-refractivity contribution in [2.24, 2.45) is 0 Å². The zero-order valence-corrected chi connectivity index (χ0v) is 16.6. The number of anilines is 1. The minimum atomic E-state index is -3.33. The van der Waals surface area contributed by atoms with Crippen LogP contribution in [-0.4, -0.2) is 57.4 Å². The lowest BCUT2D eigenvalue weighted by atomic mass is 10.2. The molecule has 0 unspecified atom stereocenters. The SMILES string of the molecule is CS(=O)(=O)c1ccccc1SCC(=O)N1CCN(c2ccc(F)cc2)CC1. The number of benzene rings is 2. The maximum absolute atomic E-state index is 13.0. The number of amides is 1. The lowest BCUT2D eigenvalue weighted by Gasteiger charge is -2.36. The first-order valence-electron chi connectivity index (χ1n) is 8.55. The van der Waals surface area contributed by atoms with Crippen LogP contribution in [0.15, 0.2) is 58.3 Å². The third-order valence-corrected chi connectivity index (χ3v) is 6.77. The summed E-state index contributed by atoms with van der Waals surface area (Å²) < 4.78 is 36.7. The van der Waals surface area contributed by atoms with Crippen molar-refractivity contribution in [3.63, 3.8) is 0 Å². The van der Waals surface area contributed by atoms with E-state index in [0.717, 1.165) is 5.69 Å². The van der Waals surface area contributed by atoms with Crippen LogP contribution in [-0.2, 0) is 14.6 Å². The highest BCUT2D eigenvalue weighted by Gasteiger charge is 2.22. The molecule has 1 saturated heterocycles. The average molecular weight is 409 g/mol. The Morgan fingerprint density at radius 1 is 1.04 bits per heavy atom. The van der Waals surface area contributed by atoms with Crippen molar-refractivity contribution in [3.05, 3.63) is 54.3 Å². The predicted molar refractivity (Wildman–Crippen MR) is 105 cm³/mol. The molecule has 144 valence electrons. The van der Waals surface area contributed by atoms with Gasteiger partial charge in [0.25, 0.3) is 0 Å². The number of piperazine rings is 1. The normalized spacial score (nSPS) is 15.0. The highest BCUT2D eigenvalue weighted by atomic mass is 32.2. The first-order valence-corrected chi connectivity index (χ1v) is 11.4. The molecule has 27 heavy (non-hydrogen) atoms. The van der Waals surface area contributed by atoms with Crippen LogP contribution >= 0.6 is 11.8 Å². The quantitative estimate of drug-likeness (QED) is 0.712. The lowest BCUT2D eigenvalue weighted by molar-refractivity contribution is -0.128. The van der Waals surface area contributed by atoms with Crippen molar-refractivity contribution in [2.45, 2.75) is 9.79 Å². The molecule has 2 aromatic carbocycles. The number of hydrogen-bond donors (Lipinski definition) is 0. The fraction of sp³-hybridized carbons (Fsp3) is 0.316. The molecular formula is C19H21FN2O3S2. The Labute approximate surface area is 163 Å². The van der Waals surface area contributed by atoms with Crippen LogP contribution in [0.5, 0.6) is 0 Å². The van der Waals surface area contributed by atoms with Crippen LogP contribution in [0.1, 0.15) is 0 Å². The summed E-state index contributed by atoms with van der Waals surface area (Å²) in [5, 5.41) is 0. The number of thioether (sulfide) groups is 1. The van der Waals surface area contributed by atoms with Crippen molar-refractivity contribution in [3.8, 4) is 0 Å². The second-order valence-corrected chi connectivity index (χ2v) is 9.35. The average Bonchev–Trinajstić information content (AvgIpc) is 2.66. The summed E-state index contributed by atoms with van der Waals surface area (Å²) in [5.41, 5.74) is 0.944. The minimum Gasteiger partial charge on any atom is -0.368 e. The third-order valence-electron chi connectivity index (χ3n) is 4.42. The number of halogens is 1. The maximum atomic E-state index is 13.0. The Bertz CT molecular complexity index is 909. The Balaban J connectivity index is 1.55. The van der Waals surface area contributed by atoms with Crippen LogP contribution in [0.4, 0.5) is 10.1 Å². The molecule has 0 radical (unpaired) electrons. The van der Waals surface area contributed by atoms with Crippen molar-refractivity contribution in [1.29, 1.82) is 0 Å². The zero-order valence-electron chi connectivity index (χ0n) is 15.0. The van der Waals surface area contributed by atoms with Crippen LogP contribution in [0.2, 0.25) is 0 Å². The fourth-order valence-corrected chi connectivity index (χ4v) is 5.21. The van der Waals surface area contributed by atoms with Gasteiger partial charge >= 0.3 is 0 Å². The highest BCUT2D eigenvalue weighted by molar-refractivity contribution is 8.00. The Kier molecular flexibility index (Phi) is 6.06. The minimum absolute atomic E-state index is 0.0120. The van der Waals surface area contributed by atoms with E-state index in [1.54, 1.807) is 41.3 Å². The number of carbonyl (C=O) groups is 1. The van der Waals surface area contributed by atoms with Gasteiger partial charge in [-0.25, -0.2) is 12.8 Å². The molecule has 0 spiro atoms. The van der Waals surface area contributed by atoms with Gasteiger partial charge in [-0.2, -0.15) is 0 Å². The van der Waals surface area contributed by atoms with E-state index in [2.05, 4.69) is 4.90 Å². The van der Waals surface area contributed by atoms with Gasteiger partial charge in [-0.15, -0.1) is 11.8 Å². The molecule has 3 rings (SSSR count). The Morgan fingerprint density at radius 3 is 2.30 bits per heavy atom. The molecule has 1 aliphatic rings. The molecule has 0 bridgehead atoms. The molecule has 1 amide bonds. The Hall–Kier alpha value is -2.06. The maximum Gasteiger partial charge on any atom is 0.233 e. The number of carbonyl (C=O) groups excluding carboxylic acids is 1. The molecular weight excluding hydrogens is 387 g/mol. The first-order chi connectivity index (χ1) is 12.8. The van der Waals surface area contributed by atoms with E-state index in [0.29, 0.717) is 31.1 Å². The van der Waals surface area contributed by atoms with Crippen LogP contribution < -0.4 is 4.90 Å². The first kappa shape index (κ1) is 19.7. The number of sulfone groups is 1. The largest absolute Gasteiger partial charge is 0.368 e. The highest BCUT2D eigenvalue weighted by Crippen LogP contribution is 2.27. The van der Waals surface area contributed by atoms with Gasteiger partial charge in [0.05, 0.1) is 10.6 Å². The second kappa shape index (κ2) is 8.31. The summed E-state index contributed by atoms with van der Waals surface area (Å²) >= 11 is 1.25. The van der Waals surface area contributed by atoms with Gasteiger partial charge in [-0.1, -0.05) is 12.1 Å². The Morgan fingerprint density at radius 2 is 1.67 bits per heavy atom. The molecule has 0 saturated carbocycles. The predicted octanol–water partition coefficient (Wildman–Crippen LogP) is 2.67. The van der Waals surface area contributed by atoms with E-state index < -0.39 is 9.84 Å². The van der Waals surface area contributed by atoms with Crippen LogP contribution in [0.3, 0.4) is 0 Å². The molecule has 2 aromatic rings. The van der Waals surface area contributed by atoms with Crippen molar-refractivity contribution in [1.82, 2.24) is 4.90 Å². The van der Waals surface area contributed by atoms with Gasteiger partial charge in [-0.05, 0) is 36.4 Å². The summed E-state index contributed by atoms with van der Waals surface area (Å²) in [6.45, 7) is 2.54. The van der Waals surface area contributed by atoms with Crippen molar-refractivity contribution >= 4 is 33.2 Å². The zero-order chi connectivity index (χ0) is 19.4. The van der Waals surface area contributed by atoms with Gasteiger partial charge in [0, 0.05) is 43.0 Å². The van der Waals surface area contributed by atoms with Gasteiger partial charge < -0.3 is 9.80 Å². The molecule has 0 aromatic heterocycles. The number of nitrogens with zero attached hydrogens (tertiary/aromatic N) is 2. The molecule has 1 heterocycles. The van der Waals surface area contributed by atoms with Crippen LogP contribution in [0.25, 0.3) is 0 Å². The third kappa shape index (κ3) is 5.01. The molecule has 0 atom stereocenters. The standard InChI is InChI=1S/C19H21FN2O3S2/c1-27(24,25)18-5-3-2-4-17(18)26-14-19(23)22-12-10-21(11-13-22)16-8-6-15(20)7-9-16/h2-9H,10-14H2,1H3. The lowest BCUT2D eigenvalue weighted by Crippen LogP contribution is -2.49. The molecule has 1 aliphatic heterocycles. The summed E-state index contributed by atoms with van der Waals surface area (Å²) in [4.78, 5) is 17.3. The fourth-order valence-electron chi connectivity index (χ4n) is 2.97. The van der Waals surface area contributed by atoms with Crippen molar-refractivity contribution in [2.75, 3.05) is 43.1 Å².